The number of fused-ring (bicyclic) bond motifs is 1. The van der Waals surface area contributed by atoms with Crippen molar-refractivity contribution in [1.29, 1.82) is 0 Å². The van der Waals surface area contributed by atoms with Gasteiger partial charge in [-0.05, 0) is 67.7 Å². The Morgan fingerprint density at radius 1 is 1.09 bits per heavy atom. The number of aromatic nitrogens is 4. The molecule has 8 nitrogen and oxygen atoms in total. The molecule has 4 aromatic rings. The van der Waals surface area contributed by atoms with E-state index in [1.807, 2.05) is 49.6 Å². The third-order valence-corrected chi connectivity index (χ3v) is 5.57. The fourth-order valence-corrected chi connectivity index (χ4v) is 3.83. The first-order chi connectivity index (χ1) is 15.6. The predicted octanol–water partition coefficient (Wildman–Crippen LogP) is 3.41. The molecule has 0 spiro atoms. The van der Waals surface area contributed by atoms with Crippen molar-refractivity contribution in [3.63, 3.8) is 0 Å². The second-order valence-electron chi connectivity index (χ2n) is 7.95. The molecule has 3 heterocycles. The SMILES string of the molecule is Cn1cc(-c2ccc3cnc(NC(=O)c4ccc(OC5CCNCC5)cc4)cc3c2)nn1. The predicted molar refractivity (Wildman–Crippen MR) is 123 cm³/mol. The van der Waals surface area contributed by atoms with E-state index >= 15 is 0 Å². The lowest BCUT2D eigenvalue weighted by Crippen LogP contribution is -2.34. The van der Waals surface area contributed by atoms with Gasteiger partial charge >= 0.3 is 0 Å². The van der Waals surface area contributed by atoms with Crippen molar-refractivity contribution in [3.05, 3.63) is 66.5 Å². The Kier molecular flexibility index (Phi) is 5.51. The molecule has 2 N–H and O–H groups in total. The highest BCUT2D eigenvalue weighted by Gasteiger charge is 2.15. The topological polar surface area (TPSA) is 94.0 Å². The highest BCUT2D eigenvalue weighted by Crippen LogP contribution is 2.24. The van der Waals surface area contributed by atoms with Gasteiger partial charge in [-0.3, -0.25) is 9.48 Å². The third kappa shape index (κ3) is 4.45. The molecule has 0 aliphatic carbocycles. The first-order valence-electron chi connectivity index (χ1n) is 10.7. The number of hydrogen-bond acceptors (Lipinski definition) is 6. The van der Waals surface area contributed by atoms with Gasteiger partial charge in [0.1, 0.15) is 23.4 Å². The minimum absolute atomic E-state index is 0.213. The zero-order valence-corrected chi connectivity index (χ0v) is 17.8. The van der Waals surface area contributed by atoms with Crippen LogP contribution in [-0.4, -0.2) is 45.1 Å². The van der Waals surface area contributed by atoms with Crippen molar-refractivity contribution >= 4 is 22.5 Å². The van der Waals surface area contributed by atoms with Crippen LogP contribution >= 0.6 is 0 Å². The van der Waals surface area contributed by atoms with Gasteiger partial charge in [-0.15, -0.1) is 5.10 Å². The molecule has 1 aliphatic rings. The maximum Gasteiger partial charge on any atom is 0.256 e. The maximum absolute atomic E-state index is 12.7. The van der Waals surface area contributed by atoms with Crippen LogP contribution in [0.2, 0.25) is 0 Å². The smallest absolute Gasteiger partial charge is 0.256 e. The first kappa shape index (κ1) is 20.1. The highest BCUT2D eigenvalue weighted by molar-refractivity contribution is 6.04. The zero-order chi connectivity index (χ0) is 21.9. The zero-order valence-electron chi connectivity index (χ0n) is 17.8. The number of anilines is 1. The highest BCUT2D eigenvalue weighted by atomic mass is 16.5. The summed E-state index contributed by atoms with van der Waals surface area (Å²) in [6, 6.07) is 15.1. The summed E-state index contributed by atoms with van der Waals surface area (Å²) >= 11 is 0. The molecule has 32 heavy (non-hydrogen) atoms. The number of hydrogen-bond donors (Lipinski definition) is 2. The van der Waals surface area contributed by atoms with Crippen LogP contribution in [0.5, 0.6) is 5.75 Å². The number of ether oxygens (including phenoxy) is 1. The molecule has 2 aromatic carbocycles. The van der Waals surface area contributed by atoms with E-state index in [0.717, 1.165) is 53.7 Å². The Balaban J connectivity index is 1.29. The second kappa shape index (κ2) is 8.76. The van der Waals surface area contributed by atoms with Crippen LogP contribution in [-0.2, 0) is 7.05 Å². The Labute approximate surface area is 185 Å². The summed E-state index contributed by atoms with van der Waals surface area (Å²) in [4.78, 5) is 17.1. The minimum Gasteiger partial charge on any atom is -0.490 e. The van der Waals surface area contributed by atoms with E-state index in [1.165, 1.54) is 0 Å². The Hall–Kier alpha value is -3.78. The third-order valence-electron chi connectivity index (χ3n) is 5.57. The lowest BCUT2D eigenvalue weighted by Gasteiger charge is -2.23. The van der Waals surface area contributed by atoms with Crippen molar-refractivity contribution in [2.45, 2.75) is 18.9 Å². The molecule has 1 amide bonds. The van der Waals surface area contributed by atoms with Gasteiger partial charge in [-0.2, -0.15) is 0 Å². The van der Waals surface area contributed by atoms with Crippen LogP contribution in [0, 0.1) is 0 Å². The largest absolute Gasteiger partial charge is 0.490 e. The van der Waals surface area contributed by atoms with Gasteiger partial charge in [0.25, 0.3) is 5.91 Å². The number of piperidine rings is 1. The van der Waals surface area contributed by atoms with Crippen molar-refractivity contribution in [3.8, 4) is 17.0 Å². The quantitative estimate of drug-likeness (QED) is 0.506. The average Bonchev–Trinajstić information content (AvgIpc) is 3.26. The Bertz CT molecular complexity index is 1250. The fourth-order valence-electron chi connectivity index (χ4n) is 3.83. The molecular weight excluding hydrogens is 404 g/mol. The van der Waals surface area contributed by atoms with Crippen molar-refractivity contribution < 1.29 is 9.53 Å². The van der Waals surface area contributed by atoms with Crippen LogP contribution in [0.4, 0.5) is 5.82 Å². The van der Waals surface area contributed by atoms with E-state index in [9.17, 15) is 4.79 Å². The number of carbonyl (C=O) groups excluding carboxylic acids is 1. The number of aryl methyl sites for hydroxylation is 1. The lowest BCUT2D eigenvalue weighted by molar-refractivity contribution is 0.102. The molecular formula is C24H24N6O2. The molecule has 0 radical (unpaired) electrons. The van der Waals surface area contributed by atoms with E-state index in [4.69, 9.17) is 4.74 Å². The fraction of sp³-hybridized carbons (Fsp3) is 0.250. The Morgan fingerprint density at radius 3 is 2.66 bits per heavy atom. The number of pyridine rings is 1. The molecule has 8 heteroatoms. The van der Waals surface area contributed by atoms with Gasteiger partial charge in [0.15, 0.2) is 0 Å². The van der Waals surface area contributed by atoms with Crippen LogP contribution in [0.25, 0.3) is 22.0 Å². The van der Waals surface area contributed by atoms with Crippen molar-refractivity contribution in [2.75, 3.05) is 18.4 Å². The summed E-state index contributed by atoms with van der Waals surface area (Å²) < 4.78 is 7.68. The molecule has 162 valence electrons. The summed E-state index contributed by atoms with van der Waals surface area (Å²) in [7, 11) is 1.83. The second-order valence-corrected chi connectivity index (χ2v) is 7.95. The molecule has 1 fully saturated rings. The first-order valence-corrected chi connectivity index (χ1v) is 10.7. The summed E-state index contributed by atoms with van der Waals surface area (Å²) in [6.45, 7) is 1.95. The maximum atomic E-state index is 12.7. The van der Waals surface area contributed by atoms with Crippen LogP contribution < -0.4 is 15.4 Å². The van der Waals surface area contributed by atoms with E-state index in [-0.39, 0.29) is 12.0 Å². The summed E-state index contributed by atoms with van der Waals surface area (Å²) in [5.41, 5.74) is 2.31. The van der Waals surface area contributed by atoms with E-state index < -0.39 is 0 Å². The number of rotatable bonds is 5. The normalized spacial score (nSPS) is 14.4. The average molecular weight is 428 g/mol. The van der Waals surface area contributed by atoms with Gasteiger partial charge in [-0.1, -0.05) is 17.3 Å². The van der Waals surface area contributed by atoms with Crippen LogP contribution in [0.15, 0.2) is 60.9 Å². The molecule has 0 atom stereocenters. The summed E-state index contributed by atoms with van der Waals surface area (Å²) in [6.07, 6.45) is 5.83. The van der Waals surface area contributed by atoms with Crippen molar-refractivity contribution in [1.82, 2.24) is 25.3 Å². The number of amides is 1. The molecule has 5 rings (SSSR count). The van der Waals surface area contributed by atoms with Gasteiger partial charge in [0.05, 0.1) is 6.20 Å². The molecule has 1 aliphatic heterocycles. The van der Waals surface area contributed by atoms with Crippen LogP contribution in [0.3, 0.4) is 0 Å². The van der Waals surface area contributed by atoms with Gasteiger partial charge < -0.3 is 15.4 Å². The number of carbonyl (C=O) groups is 1. The molecule has 2 aromatic heterocycles. The van der Waals surface area contributed by atoms with E-state index in [2.05, 4.69) is 25.9 Å². The molecule has 0 saturated carbocycles. The molecule has 0 unspecified atom stereocenters. The summed E-state index contributed by atoms with van der Waals surface area (Å²) in [5.74, 6) is 1.07. The standard InChI is InChI=1S/C24H24N6O2/c1-30-15-22(28-29-30)17-2-3-18-14-26-23(13-19(18)12-17)27-24(31)16-4-6-20(7-5-16)32-21-8-10-25-11-9-21/h2-7,12-15,21,25H,8-11H2,1H3,(H,26,27,31). The van der Waals surface area contributed by atoms with E-state index in [1.54, 1.807) is 23.0 Å². The van der Waals surface area contributed by atoms with Gasteiger partial charge in [0.2, 0.25) is 0 Å². The number of nitrogens with zero attached hydrogens (tertiary/aromatic N) is 4. The molecule has 0 bridgehead atoms. The van der Waals surface area contributed by atoms with Crippen molar-refractivity contribution in [2.24, 2.45) is 7.05 Å². The lowest BCUT2D eigenvalue weighted by atomic mass is 10.1. The summed E-state index contributed by atoms with van der Waals surface area (Å²) in [5, 5.41) is 16.3. The number of nitrogens with one attached hydrogen (secondary N) is 2. The van der Waals surface area contributed by atoms with Crippen LogP contribution in [0.1, 0.15) is 23.2 Å². The monoisotopic (exact) mass is 428 g/mol. The Morgan fingerprint density at radius 2 is 1.91 bits per heavy atom. The van der Waals surface area contributed by atoms with E-state index in [0.29, 0.717) is 11.4 Å². The molecule has 1 saturated heterocycles. The minimum atomic E-state index is -0.213. The number of benzene rings is 2. The van der Waals surface area contributed by atoms with Gasteiger partial charge in [-0.25, -0.2) is 4.98 Å². The van der Waals surface area contributed by atoms with Gasteiger partial charge in [0, 0.05) is 29.8 Å².